The van der Waals surface area contributed by atoms with Gasteiger partial charge in [0.2, 0.25) is 17.7 Å². The molecule has 4 atom stereocenters. The van der Waals surface area contributed by atoms with Crippen LogP contribution in [0.4, 0.5) is 5.69 Å². The first-order valence-electron chi connectivity index (χ1n) is 8.71. The number of carbonyl (C=O) groups is 3. The summed E-state index contributed by atoms with van der Waals surface area (Å²) >= 11 is 0. The van der Waals surface area contributed by atoms with Gasteiger partial charge < -0.3 is 21.3 Å². The monoisotopic (exact) mass is 344 g/mol. The molecule has 0 aliphatic carbocycles. The van der Waals surface area contributed by atoms with E-state index in [9.17, 15) is 14.4 Å². The largest absolute Gasteiger partial charge is 0.343 e. The lowest BCUT2D eigenvalue weighted by Crippen LogP contribution is -2.59. The molecule has 7 nitrogen and oxygen atoms in total. The van der Waals surface area contributed by atoms with E-state index >= 15 is 0 Å². The van der Waals surface area contributed by atoms with Crippen LogP contribution in [0.5, 0.6) is 0 Å². The highest BCUT2D eigenvalue weighted by molar-refractivity contribution is 5.99. The van der Waals surface area contributed by atoms with Crippen LogP contribution in [0, 0.1) is 0 Å². The minimum Gasteiger partial charge on any atom is -0.343 e. The smallest absolute Gasteiger partial charge is 0.247 e. The summed E-state index contributed by atoms with van der Waals surface area (Å²) in [4.78, 5) is 38.9. The summed E-state index contributed by atoms with van der Waals surface area (Å²) in [6.07, 6.45) is 2.83. The van der Waals surface area contributed by atoms with Crippen molar-refractivity contribution in [1.29, 1.82) is 0 Å². The Morgan fingerprint density at radius 3 is 2.52 bits per heavy atom. The highest BCUT2D eigenvalue weighted by atomic mass is 16.2. The van der Waals surface area contributed by atoms with E-state index in [1.165, 1.54) is 0 Å². The first-order valence-corrected chi connectivity index (χ1v) is 8.71. The summed E-state index contributed by atoms with van der Waals surface area (Å²) in [5.41, 5.74) is 6.28. The summed E-state index contributed by atoms with van der Waals surface area (Å²) in [7, 11) is 0. The van der Waals surface area contributed by atoms with Crippen molar-refractivity contribution < 1.29 is 14.4 Å². The van der Waals surface area contributed by atoms with Crippen molar-refractivity contribution in [2.24, 2.45) is 5.73 Å². The molecule has 7 heteroatoms. The number of para-hydroxylation sites is 1. The van der Waals surface area contributed by atoms with Crippen molar-refractivity contribution in [3.05, 3.63) is 30.3 Å². The number of nitrogens with zero attached hydrogens (tertiary/aromatic N) is 1. The zero-order valence-corrected chi connectivity index (χ0v) is 14.3. The number of nitrogens with two attached hydrogens (primary N) is 1. The molecule has 0 aromatic heterocycles. The van der Waals surface area contributed by atoms with Gasteiger partial charge in [0, 0.05) is 11.7 Å². The van der Waals surface area contributed by atoms with Crippen LogP contribution in [0.15, 0.2) is 30.3 Å². The first kappa shape index (κ1) is 17.4. The van der Waals surface area contributed by atoms with Crippen LogP contribution in [-0.2, 0) is 14.4 Å². The maximum absolute atomic E-state index is 12.8. The Bertz CT molecular complexity index is 662. The molecule has 2 aliphatic rings. The van der Waals surface area contributed by atoms with Crippen LogP contribution in [0.3, 0.4) is 0 Å². The highest BCUT2D eigenvalue weighted by Gasteiger charge is 2.46. The molecule has 3 amide bonds. The van der Waals surface area contributed by atoms with Gasteiger partial charge in [-0.3, -0.25) is 14.4 Å². The zero-order chi connectivity index (χ0) is 18.0. The molecule has 2 fully saturated rings. The van der Waals surface area contributed by atoms with Crippen molar-refractivity contribution in [2.75, 3.05) is 5.32 Å². The average molecular weight is 344 g/mol. The van der Waals surface area contributed by atoms with Gasteiger partial charge in [-0.2, -0.15) is 0 Å². The second-order valence-electron chi connectivity index (χ2n) is 6.77. The minimum atomic E-state index is -0.665. The van der Waals surface area contributed by atoms with E-state index in [-0.39, 0.29) is 23.8 Å². The molecule has 0 bridgehead atoms. The fourth-order valence-electron chi connectivity index (χ4n) is 3.60. The van der Waals surface area contributed by atoms with Crippen LogP contribution >= 0.6 is 0 Å². The molecular weight excluding hydrogens is 320 g/mol. The predicted molar refractivity (Wildman–Crippen MR) is 93.5 cm³/mol. The van der Waals surface area contributed by atoms with E-state index in [0.717, 1.165) is 12.8 Å². The van der Waals surface area contributed by atoms with E-state index in [1.807, 2.05) is 30.3 Å². The summed E-state index contributed by atoms with van der Waals surface area (Å²) < 4.78 is 0. The number of anilines is 1. The van der Waals surface area contributed by atoms with E-state index < -0.39 is 18.1 Å². The third kappa shape index (κ3) is 3.66. The van der Waals surface area contributed by atoms with Gasteiger partial charge in [0.1, 0.15) is 12.1 Å². The summed E-state index contributed by atoms with van der Waals surface area (Å²) in [5.74, 6) is -0.710. The van der Waals surface area contributed by atoms with E-state index in [4.69, 9.17) is 5.73 Å². The Kier molecular flexibility index (Phi) is 5.03. The Balaban J connectivity index is 1.69. The Morgan fingerprint density at radius 2 is 1.84 bits per heavy atom. The molecule has 0 unspecified atom stereocenters. The topological polar surface area (TPSA) is 105 Å². The van der Waals surface area contributed by atoms with E-state index in [2.05, 4.69) is 10.6 Å². The summed E-state index contributed by atoms with van der Waals surface area (Å²) in [6.45, 7) is 1.58. The molecule has 4 N–H and O–H groups in total. The van der Waals surface area contributed by atoms with E-state index in [1.54, 1.807) is 11.8 Å². The molecule has 1 aromatic carbocycles. The van der Waals surface area contributed by atoms with Crippen molar-refractivity contribution >= 4 is 23.4 Å². The summed E-state index contributed by atoms with van der Waals surface area (Å²) in [5, 5.41) is 5.57. The molecule has 1 aromatic rings. The molecule has 0 spiro atoms. The SMILES string of the molecule is C[C@H](N)C(=O)N[C@H]1CC[C@H]2CC[C@@H](C(=O)Nc3ccccc3)N2C1=O. The normalized spacial score (nSPS) is 26.7. The molecule has 25 heavy (non-hydrogen) atoms. The third-order valence-electron chi connectivity index (χ3n) is 4.92. The predicted octanol–water partition coefficient (Wildman–Crippen LogP) is 0.611. The fourth-order valence-corrected chi connectivity index (χ4v) is 3.60. The maximum Gasteiger partial charge on any atom is 0.247 e. The number of benzene rings is 1. The molecule has 134 valence electrons. The van der Waals surface area contributed by atoms with Crippen molar-refractivity contribution in [1.82, 2.24) is 10.2 Å². The number of amides is 3. The van der Waals surface area contributed by atoms with Gasteiger partial charge in [0.05, 0.1) is 6.04 Å². The Hall–Kier alpha value is -2.41. The standard InChI is InChI=1S/C18H24N4O3/c1-11(19)16(23)21-14-9-7-13-8-10-15(22(13)18(14)25)17(24)20-12-5-3-2-4-6-12/h2-6,11,13-15H,7-10,19H2,1H3,(H,20,24)(H,21,23)/t11-,13-,14-,15-/m0/s1. The molecule has 2 saturated heterocycles. The second kappa shape index (κ2) is 7.23. The van der Waals surface area contributed by atoms with E-state index in [0.29, 0.717) is 18.5 Å². The quantitative estimate of drug-likeness (QED) is 0.744. The molecular formula is C18H24N4O3. The van der Waals surface area contributed by atoms with Gasteiger partial charge in [-0.1, -0.05) is 18.2 Å². The minimum absolute atomic E-state index is 0.0717. The lowest BCUT2D eigenvalue weighted by atomic mass is 9.97. The van der Waals surface area contributed by atoms with Crippen LogP contribution in [0.1, 0.15) is 32.6 Å². The Morgan fingerprint density at radius 1 is 1.16 bits per heavy atom. The number of hydrogen-bond donors (Lipinski definition) is 3. The van der Waals surface area contributed by atoms with Gasteiger partial charge in [-0.25, -0.2) is 0 Å². The van der Waals surface area contributed by atoms with Gasteiger partial charge in [-0.15, -0.1) is 0 Å². The first-order chi connectivity index (χ1) is 12.0. The van der Waals surface area contributed by atoms with Gasteiger partial charge >= 0.3 is 0 Å². The highest BCUT2D eigenvalue weighted by Crippen LogP contribution is 2.33. The van der Waals surface area contributed by atoms with Crippen molar-refractivity contribution in [2.45, 2.75) is 56.8 Å². The van der Waals surface area contributed by atoms with Crippen molar-refractivity contribution in [3.8, 4) is 0 Å². The van der Waals surface area contributed by atoms with Gasteiger partial charge in [-0.05, 0) is 44.7 Å². The summed E-state index contributed by atoms with van der Waals surface area (Å²) in [6, 6.07) is 7.51. The number of carbonyl (C=O) groups excluding carboxylic acids is 3. The lowest BCUT2D eigenvalue weighted by Gasteiger charge is -2.38. The lowest BCUT2D eigenvalue weighted by molar-refractivity contribution is -0.145. The molecule has 3 rings (SSSR count). The number of hydrogen-bond acceptors (Lipinski definition) is 4. The van der Waals surface area contributed by atoms with Crippen LogP contribution in [0.25, 0.3) is 0 Å². The number of fused-ring (bicyclic) bond motifs is 1. The molecule has 0 saturated carbocycles. The van der Waals surface area contributed by atoms with Crippen LogP contribution in [0.2, 0.25) is 0 Å². The third-order valence-corrected chi connectivity index (χ3v) is 4.92. The zero-order valence-electron chi connectivity index (χ0n) is 14.3. The number of piperidine rings is 1. The average Bonchev–Trinajstić information content (AvgIpc) is 3.03. The Labute approximate surface area is 146 Å². The van der Waals surface area contributed by atoms with Gasteiger partial charge in [0.15, 0.2) is 0 Å². The number of nitrogens with one attached hydrogen (secondary N) is 2. The fraction of sp³-hybridized carbons (Fsp3) is 0.500. The molecule has 2 aliphatic heterocycles. The second-order valence-corrected chi connectivity index (χ2v) is 6.77. The maximum atomic E-state index is 12.8. The molecule has 0 radical (unpaired) electrons. The van der Waals surface area contributed by atoms with Gasteiger partial charge in [0.25, 0.3) is 0 Å². The molecule has 2 heterocycles. The van der Waals surface area contributed by atoms with Crippen molar-refractivity contribution in [3.63, 3.8) is 0 Å². The van der Waals surface area contributed by atoms with Crippen LogP contribution < -0.4 is 16.4 Å². The number of rotatable bonds is 4. The van der Waals surface area contributed by atoms with Crippen LogP contribution in [-0.4, -0.2) is 46.8 Å².